The lowest BCUT2D eigenvalue weighted by Gasteiger charge is -2.00. The van der Waals surface area contributed by atoms with Gasteiger partial charge in [0.25, 0.3) is 0 Å². The van der Waals surface area contributed by atoms with E-state index in [4.69, 9.17) is 0 Å². The number of carbonyl (C=O) groups is 1. The second-order valence-corrected chi connectivity index (χ2v) is 3.72. The molecule has 1 aliphatic rings. The van der Waals surface area contributed by atoms with Crippen LogP contribution in [-0.4, -0.2) is 6.29 Å². The van der Waals surface area contributed by atoms with Crippen molar-refractivity contribution in [3.63, 3.8) is 0 Å². The van der Waals surface area contributed by atoms with Gasteiger partial charge in [0.05, 0.1) is 0 Å². The number of hydrogen-bond donors (Lipinski definition) is 0. The highest BCUT2D eigenvalue weighted by Gasteiger charge is 2.22. The van der Waals surface area contributed by atoms with Crippen molar-refractivity contribution in [2.75, 3.05) is 0 Å². The molecule has 1 aromatic rings. The van der Waals surface area contributed by atoms with E-state index in [1.54, 1.807) is 0 Å². The number of carbonyl (C=O) groups excluding carboxylic acids is 1. The highest BCUT2D eigenvalue weighted by Crippen LogP contribution is 2.39. The fraction of sp³-hybridized carbons (Fsp3) is 0.417. The minimum Gasteiger partial charge on any atom is -0.303 e. The summed E-state index contributed by atoms with van der Waals surface area (Å²) in [6, 6.07) is 8.71. The summed E-state index contributed by atoms with van der Waals surface area (Å²) in [7, 11) is 0. The lowest BCUT2D eigenvalue weighted by atomic mass is 10.1. The van der Waals surface area contributed by atoms with E-state index in [2.05, 4.69) is 24.3 Å². The van der Waals surface area contributed by atoms with E-state index >= 15 is 0 Å². The summed E-state index contributed by atoms with van der Waals surface area (Å²) in [6.45, 7) is 0. The van der Waals surface area contributed by atoms with Gasteiger partial charge in [0, 0.05) is 6.42 Å². The Morgan fingerprint density at radius 1 is 1.23 bits per heavy atom. The Morgan fingerprint density at radius 3 is 2.46 bits per heavy atom. The molecule has 0 saturated heterocycles. The van der Waals surface area contributed by atoms with Crippen LogP contribution >= 0.6 is 0 Å². The number of rotatable bonds is 4. The molecule has 13 heavy (non-hydrogen) atoms. The van der Waals surface area contributed by atoms with E-state index in [1.165, 1.54) is 24.0 Å². The second-order valence-electron chi connectivity index (χ2n) is 3.72. The quantitative estimate of drug-likeness (QED) is 0.641. The normalized spacial score (nSPS) is 15.7. The van der Waals surface area contributed by atoms with E-state index < -0.39 is 0 Å². The summed E-state index contributed by atoms with van der Waals surface area (Å²) < 4.78 is 0. The Bertz CT molecular complexity index is 282. The number of benzene rings is 1. The van der Waals surface area contributed by atoms with Crippen LogP contribution in [0.4, 0.5) is 0 Å². The Hall–Kier alpha value is -1.11. The average molecular weight is 174 g/mol. The van der Waals surface area contributed by atoms with E-state index in [-0.39, 0.29) is 0 Å². The summed E-state index contributed by atoms with van der Waals surface area (Å²) in [5.41, 5.74) is 2.74. The van der Waals surface area contributed by atoms with Crippen molar-refractivity contribution in [3.05, 3.63) is 35.4 Å². The van der Waals surface area contributed by atoms with Crippen molar-refractivity contribution in [2.45, 2.75) is 31.6 Å². The van der Waals surface area contributed by atoms with Gasteiger partial charge in [-0.3, -0.25) is 0 Å². The van der Waals surface area contributed by atoms with Crippen LogP contribution in [0.15, 0.2) is 24.3 Å². The SMILES string of the molecule is O=CCCc1ccc(C2CC2)cc1. The molecule has 0 N–H and O–H groups in total. The standard InChI is InChI=1S/C12H14O/c13-9-1-2-10-3-5-11(6-4-10)12-7-8-12/h3-6,9,12H,1-2,7-8H2. The van der Waals surface area contributed by atoms with E-state index in [1.807, 2.05) is 0 Å². The maximum Gasteiger partial charge on any atom is 0.120 e. The molecule has 1 heteroatoms. The largest absolute Gasteiger partial charge is 0.303 e. The van der Waals surface area contributed by atoms with Gasteiger partial charge in [-0.2, -0.15) is 0 Å². The van der Waals surface area contributed by atoms with Gasteiger partial charge in [0.1, 0.15) is 6.29 Å². The zero-order valence-electron chi connectivity index (χ0n) is 7.70. The van der Waals surface area contributed by atoms with Gasteiger partial charge < -0.3 is 4.79 Å². The van der Waals surface area contributed by atoms with E-state index in [9.17, 15) is 4.79 Å². The lowest BCUT2D eigenvalue weighted by Crippen LogP contribution is -1.86. The number of aryl methyl sites for hydroxylation is 1. The third-order valence-corrected chi connectivity index (χ3v) is 2.58. The topological polar surface area (TPSA) is 17.1 Å². The molecule has 1 saturated carbocycles. The second kappa shape index (κ2) is 3.73. The van der Waals surface area contributed by atoms with Crippen LogP contribution in [-0.2, 0) is 11.2 Å². The monoisotopic (exact) mass is 174 g/mol. The third kappa shape index (κ3) is 2.18. The molecule has 0 aliphatic heterocycles. The van der Waals surface area contributed by atoms with Crippen molar-refractivity contribution >= 4 is 6.29 Å². The van der Waals surface area contributed by atoms with Crippen molar-refractivity contribution < 1.29 is 4.79 Å². The van der Waals surface area contributed by atoms with E-state index in [0.29, 0.717) is 6.42 Å². The predicted octanol–water partition coefficient (Wildman–Crippen LogP) is 2.70. The predicted molar refractivity (Wildman–Crippen MR) is 52.8 cm³/mol. The molecule has 0 aromatic heterocycles. The summed E-state index contributed by atoms with van der Waals surface area (Å²) in [5, 5.41) is 0. The molecule has 0 radical (unpaired) electrons. The van der Waals surface area contributed by atoms with Gasteiger partial charge in [0.2, 0.25) is 0 Å². The Morgan fingerprint density at radius 2 is 1.92 bits per heavy atom. The first-order chi connectivity index (χ1) is 6.40. The minimum absolute atomic E-state index is 0.642. The molecule has 0 unspecified atom stereocenters. The van der Waals surface area contributed by atoms with Crippen molar-refractivity contribution in [1.29, 1.82) is 0 Å². The maximum atomic E-state index is 10.2. The summed E-state index contributed by atoms with van der Waals surface area (Å²) in [5.74, 6) is 0.833. The number of hydrogen-bond acceptors (Lipinski definition) is 1. The Kier molecular flexibility index (Phi) is 2.44. The molecule has 0 atom stereocenters. The fourth-order valence-electron chi connectivity index (χ4n) is 1.60. The van der Waals surface area contributed by atoms with E-state index in [0.717, 1.165) is 18.6 Å². The molecular weight excluding hydrogens is 160 g/mol. The maximum absolute atomic E-state index is 10.2. The number of aldehydes is 1. The molecule has 0 heterocycles. The molecule has 0 amide bonds. The van der Waals surface area contributed by atoms with Crippen LogP contribution in [0.25, 0.3) is 0 Å². The van der Waals surface area contributed by atoms with Gasteiger partial charge in [-0.05, 0) is 36.3 Å². The van der Waals surface area contributed by atoms with Gasteiger partial charge in [-0.25, -0.2) is 0 Å². The van der Waals surface area contributed by atoms with Crippen LogP contribution in [0.5, 0.6) is 0 Å². The van der Waals surface area contributed by atoms with Gasteiger partial charge in [-0.1, -0.05) is 24.3 Å². The fourth-order valence-corrected chi connectivity index (χ4v) is 1.60. The molecule has 1 aliphatic carbocycles. The van der Waals surface area contributed by atoms with Crippen LogP contribution in [0.1, 0.15) is 36.3 Å². The molecule has 1 aromatic carbocycles. The molecule has 1 fully saturated rings. The average Bonchev–Trinajstić information content (AvgIpc) is 2.99. The molecule has 0 bridgehead atoms. The van der Waals surface area contributed by atoms with Gasteiger partial charge >= 0.3 is 0 Å². The van der Waals surface area contributed by atoms with Crippen LogP contribution in [0.2, 0.25) is 0 Å². The smallest absolute Gasteiger partial charge is 0.120 e. The molecule has 68 valence electrons. The highest BCUT2D eigenvalue weighted by molar-refractivity contribution is 5.50. The first-order valence-corrected chi connectivity index (χ1v) is 4.92. The van der Waals surface area contributed by atoms with Gasteiger partial charge in [0.15, 0.2) is 0 Å². The van der Waals surface area contributed by atoms with Crippen LogP contribution < -0.4 is 0 Å². The first-order valence-electron chi connectivity index (χ1n) is 4.92. The minimum atomic E-state index is 0.642. The first kappa shape index (κ1) is 8.49. The van der Waals surface area contributed by atoms with Crippen molar-refractivity contribution in [1.82, 2.24) is 0 Å². The summed E-state index contributed by atoms with van der Waals surface area (Å²) in [4.78, 5) is 10.2. The lowest BCUT2D eigenvalue weighted by molar-refractivity contribution is -0.107. The molecular formula is C12H14O. The zero-order chi connectivity index (χ0) is 9.10. The third-order valence-electron chi connectivity index (χ3n) is 2.58. The molecule has 0 spiro atoms. The Labute approximate surface area is 78.8 Å². The summed E-state index contributed by atoms with van der Waals surface area (Å²) in [6.07, 6.45) is 5.22. The van der Waals surface area contributed by atoms with Crippen LogP contribution in [0, 0.1) is 0 Å². The molecule has 1 nitrogen and oxygen atoms in total. The van der Waals surface area contributed by atoms with Gasteiger partial charge in [-0.15, -0.1) is 0 Å². The van der Waals surface area contributed by atoms with Crippen molar-refractivity contribution in [2.24, 2.45) is 0 Å². The highest BCUT2D eigenvalue weighted by atomic mass is 16.1. The Balaban J connectivity index is 2.00. The van der Waals surface area contributed by atoms with Crippen molar-refractivity contribution in [3.8, 4) is 0 Å². The summed E-state index contributed by atoms with van der Waals surface area (Å²) >= 11 is 0. The molecule has 2 rings (SSSR count). The zero-order valence-corrected chi connectivity index (χ0v) is 7.70. The van der Waals surface area contributed by atoms with Crippen LogP contribution in [0.3, 0.4) is 0 Å².